The number of H-pyrrole nitrogens is 1. The fourth-order valence-electron chi connectivity index (χ4n) is 11.2. The van der Waals surface area contributed by atoms with Crippen molar-refractivity contribution in [3.8, 4) is 0 Å². The van der Waals surface area contributed by atoms with E-state index >= 15 is 0 Å². The summed E-state index contributed by atoms with van der Waals surface area (Å²) in [6.07, 6.45) is -35.3. The van der Waals surface area contributed by atoms with Gasteiger partial charge in [0, 0.05) is 112 Å². The highest BCUT2D eigenvalue weighted by Crippen LogP contribution is 2.23. The molecule has 2 aromatic heterocycles. The van der Waals surface area contributed by atoms with Crippen LogP contribution >= 0.6 is 12.6 Å². The van der Waals surface area contributed by atoms with Crippen LogP contribution in [0.1, 0.15) is 126 Å². The number of aliphatic hydroxyl groups is 14. The Labute approximate surface area is 664 Å². The Hall–Kier alpha value is -9.99. The molecule has 0 unspecified atom stereocenters. The van der Waals surface area contributed by atoms with Crippen molar-refractivity contribution in [2.24, 2.45) is 17.8 Å². The Balaban J connectivity index is 2.05. The molecule has 29 N–H and O–H groups in total. The fraction of sp³-hybridized carbons (Fsp3) is 0.623. The molecule has 0 aliphatic rings. The van der Waals surface area contributed by atoms with Crippen molar-refractivity contribution in [1.82, 2.24) is 57.2 Å². The van der Waals surface area contributed by atoms with Gasteiger partial charge in [0.15, 0.2) is 22.7 Å². The number of aliphatic hydroxyl groups excluding tert-OH is 14. The van der Waals surface area contributed by atoms with E-state index < -0.39 is 338 Å². The number of fused-ring (bicyclic) bond motifs is 1. The van der Waals surface area contributed by atoms with Crippen LogP contribution in [0.3, 0.4) is 0 Å². The summed E-state index contributed by atoms with van der Waals surface area (Å²) in [5.41, 5.74) is 5.44. The predicted molar refractivity (Wildman–Crippen MR) is 398 cm³/mol. The first-order chi connectivity index (χ1) is 54.5. The van der Waals surface area contributed by atoms with E-state index in [2.05, 4.69) is 75.1 Å². The molecule has 116 heavy (non-hydrogen) atoms. The topological polar surface area (TPSA) is 797 Å². The van der Waals surface area contributed by atoms with E-state index in [4.69, 9.17) is 5.73 Å². The quantitative estimate of drug-likeness (QED) is 0.0233. The molecule has 0 spiro atoms. The largest absolute Gasteiger partial charge is 0.481 e. The zero-order chi connectivity index (χ0) is 87.4. The number of thiol groups is 1. The molecule has 0 saturated carbocycles. The van der Waals surface area contributed by atoms with Crippen LogP contribution in [0.5, 0.6) is 0 Å². The van der Waals surface area contributed by atoms with Gasteiger partial charge in [0.25, 0.3) is 11.5 Å². The van der Waals surface area contributed by atoms with Crippen LogP contribution in [0.15, 0.2) is 35.3 Å². The van der Waals surface area contributed by atoms with E-state index in [9.17, 15) is 164 Å². The number of hydrogen-bond donors (Lipinski definition) is 29. The summed E-state index contributed by atoms with van der Waals surface area (Å²) in [7, 11) is 0. The highest BCUT2D eigenvalue weighted by molar-refractivity contribution is 7.80. The van der Waals surface area contributed by atoms with E-state index in [0.717, 1.165) is 0 Å². The molecule has 0 saturated heterocycles. The number of carboxylic acid groups (broad SMARTS) is 4. The average molecular weight is 1670 g/mol. The first kappa shape index (κ1) is 100. The monoisotopic (exact) mass is 1670 g/mol. The van der Waals surface area contributed by atoms with Crippen LogP contribution in [-0.2, 0) is 68.9 Å². The fourth-order valence-corrected chi connectivity index (χ4v) is 11.4. The lowest BCUT2D eigenvalue weighted by atomic mass is 9.89. The van der Waals surface area contributed by atoms with Crippen LogP contribution in [0, 0.1) is 17.8 Å². The van der Waals surface area contributed by atoms with Gasteiger partial charge in [-0.2, -0.15) is 17.6 Å². The Morgan fingerprint density at radius 1 is 0.474 bits per heavy atom. The highest BCUT2D eigenvalue weighted by atomic mass is 32.1. The maximum Gasteiger partial charge on any atom is 0.327 e. The molecule has 19 atom stereocenters. The second-order valence-corrected chi connectivity index (χ2v) is 27.6. The van der Waals surface area contributed by atoms with E-state index in [1.54, 1.807) is 0 Å². The number of carbonyl (C=O) groups excluding carboxylic acids is 10. The number of Topliss-reactive ketones (excluding diaryl/α,β-unsaturated/α-hetero) is 3. The Kier molecular flexibility index (Phi) is 43.6. The standard InChI is InChI=1S/C69H103N13O33S/c1-2-41(86)55(101)56(102)44(89)24-72-51(96)16-7-33(65(110)80-40(29-116)68(114)115)21-43(88)38(13-18-53(99)100)78-64(109)32(6-15-50(95)74-26-46(91)58(104)60(106)48(93)28-84)20-42(87)37(12-17-52(97)98)77-63(108)31(5-14-49(94)73-25-45(90)57(103)59(105)47(92)27-83)19-36(85)10-11-39(67(112)113)79-62(107)30-3-8-34(9-4-30)71-22-35-23-75-61-54(76-35)66(111)82-69(70)81-61/h3-4,8-9,23,31-33,37-41,44-48,55-60,71,83-84,86,89-93,101-106,116H,2,5-7,10-22,24-29H2,1H3,(H,72,96)(H,73,94)(H,74,95)(H,77,108)(H,78,109)(H,79,107)(H,80,110)(H,97,98)(H,99,100)(H,112,113)(H,114,115)(H3,70,75,81,82,111)/t31-,32-,33-,37-,38-,39+,40-,41-,44+,45+,46+,47-,48-,55-,56-,57-,58-,59-,60-/m1/s1. The maximum absolute atomic E-state index is 14.8. The molecule has 3 aromatic rings. The molecule has 648 valence electrons. The molecule has 3 rings (SSSR count). The van der Waals surface area contributed by atoms with Crippen molar-refractivity contribution in [3.05, 3.63) is 52.1 Å². The van der Waals surface area contributed by atoms with Crippen LogP contribution in [0.2, 0.25) is 0 Å². The normalized spacial score (nSPS) is 16.4. The molecule has 0 aliphatic carbocycles. The second kappa shape index (κ2) is 50.5. The molecule has 2 heterocycles. The van der Waals surface area contributed by atoms with E-state index in [0.29, 0.717) is 11.4 Å². The molecular formula is C69H103N13O33S. The minimum atomic E-state index is -2.21. The summed E-state index contributed by atoms with van der Waals surface area (Å²) in [6, 6.07) is -2.12. The highest BCUT2D eigenvalue weighted by Gasteiger charge is 2.38. The van der Waals surface area contributed by atoms with Crippen LogP contribution in [-0.4, -0.2) is 330 Å². The summed E-state index contributed by atoms with van der Waals surface area (Å²) in [5, 5.41) is 199. The summed E-state index contributed by atoms with van der Waals surface area (Å²) in [5.74, 6) is -24.0. The Morgan fingerprint density at radius 2 is 0.862 bits per heavy atom. The number of hydrogen-bond acceptors (Lipinski definition) is 35. The van der Waals surface area contributed by atoms with Gasteiger partial charge in [-0.25, -0.2) is 19.6 Å². The molecule has 7 amide bonds. The minimum absolute atomic E-state index is 0.00875. The number of aliphatic carboxylic acids is 4. The average Bonchev–Trinajstić information content (AvgIpc) is 0.789. The summed E-state index contributed by atoms with van der Waals surface area (Å²) in [4.78, 5) is 215. The number of nitrogen functional groups attached to an aromatic ring is 1. The Bertz CT molecular complexity index is 3870. The third-order valence-corrected chi connectivity index (χ3v) is 18.7. The minimum Gasteiger partial charge on any atom is -0.481 e. The number of amides is 7. The van der Waals surface area contributed by atoms with Crippen molar-refractivity contribution >= 4 is 118 Å². The zero-order valence-corrected chi connectivity index (χ0v) is 63.6. The molecular weight excluding hydrogens is 1570 g/mol. The number of benzene rings is 1. The molecule has 0 bridgehead atoms. The number of ketones is 3. The van der Waals surface area contributed by atoms with Crippen molar-refractivity contribution in [1.29, 1.82) is 0 Å². The van der Waals surface area contributed by atoms with E-state index in [1.807, 2.05) is 0 Å². The second-order valence-electron chi connectivity index (χ2n) is 27.2. The number of aromatic amines is 1. The number of carboxylic acids is 4. The van der Waals surface area contributed by atoms with Crippen LogP contribution < -0.4 is 53.8 Å². The van der Waals surface area contributed by atoms with Gasteiger partial charge in [0.05, 0.1) is 68.1 Å². The molecule has 1 aromatic carbocycles. The van der Waals surface area contributed by atoms with Gasteiger partial charge in [-0.05, 0) is 69.2 Å². The lowest BCUT2D eigenvalue weighted by Crippen LogP contribution is -2.50. The lowest BCUT2D eigenvalue weighted by molar-refractivity contribution is -0.142. The first-order valence-corrected chi connectivity index (χ1v) is 37.0. The van der Waals surface area contributed by atoms with Crippen LogP contribution in [0.25, 0.3) is 11.2 Å². The number of nitrogens with two attached hydrogens (primary N) is 1. The van der Waals surface area contributed by atoms with Crippen molar-refractivity contribution in [3.63, 3.8) is 0 Å². The molecule has 46 nitrogen and oxygen atoms in total. The van der Waals surface area contributed by atoms with Gasteiger partial charge < -0.3 is 140 Å². The molecule has 0 fully saturated rings. The van der Waals surface area contributed by atoms with Crippen LogP contribution in [0.4, 0.5) is 11.6 Å². The third-order valence-electron chi connectivity index (χ3n) is 18.3. The van der Waals surface area contributed by atoms with E-state index in [1.165, 1.54) is 37.4 Å². The number of aromatic nitrogens is 4. The van der Waals surface area contributed by atoms with Gasteiger partial charge in [0.2, 0.25) is 41.4 Å². The van der Waals surface area contributed by atoms with Crippen molar-refractivity contribution in [2.45, 2.75) is 214 Å². The SMILES string of the molecule is CC[C@@H](O)[C@@H](O)[C@H](O)[C@@H](O)CNC(=O)CC[C@H](CC(=O)[C@@H](CCC(=O)O)NC(=O)[C@H](CCC(=O)NC[C@H](O)[C@@H](O)[C@H](O)[C@H](O)CO)CC(=O)[C@@H](CCC(=O)O)NC(=O)[C@H](CCC(=O)NC[C@H](O)[C@@H](O)[C@H](O)[C@H](O)CO)CC(=O)CC[C@H](NC(=O)c1ccc(NCc2cnc3nc(N)[nH]c(=O)c3n2)cc1)C(=O)O)C(=O)N[C@H](CS)C(=O)O. The molecule has 0 radical (unpaired) electrons. The number of carbonyl (C=O) groups is 14. The summed E-state index contributed by atoms with van der Waals surface area (Å²) < 4.78 is 0. The predicted octanol–water partition coefficient (Wildman–Crippen LogP) is -9.79. The summed E-state index contributed by atoms with van der Waals surface area (Å²) >= 11 is 3.91. The van der Waals surface area contributed by atoms with Gasteiger partial charge in [-0.1, -0.05) is 6.92 Å². The van der Waals surface area contributed by atoms with Gasteiger partial charge in [-0.3, -0.25) is 67.3 Å². The van der Waals surface area contributed by atoms with Gasteiger partial charge >= 0.3 is 23.9 Å². The number of rotatable bonds is 58. The molecule has 0 aliphatic heterocycles. The summed E-state index contributed by atoms with van der Waals surface area (Å²) in [6.45, 7) is -3.21. The smallest absolute Gasteiger partial charge is 0.327 e. The maximum atomic E-state index is 14.8. The number of nitrogens with zero attached hydrogens (tertiary/aromatic N) is 3. The number of nitrogens with one attached hydrogen (secondary N) is 9. The third kappa shape index (κ3) is 34.4. The first-order valence-electron chi connectivity index (χ1n) is 36.4. The Morgan fingerprint density at radius 3 is 1.25 bits per heavy atom. The van der Waals surface area contributed by atoms with Crippen molar-refractivity contribution < 1.29 is 159 Å². The van der Waals surface area contributed by atoms with Crippen molar-refractivity contribution in [2.75, 3.05) is 49.7 Å². The van der Waals surface area contributed by atoms with Gasteiger partial charge in [-0.15, -0.1) is 0 Å². The molecule has 47 heteroatoms. The van der Waals surface area contributed by atoms with E-state index in [-0.39, 0.29) is 35.6 Å². The lowest BCUT2D eigenvalue weighted by Gasteiger charge is -2.26. The number of anilines is 2. The zero-order valence-electron chi connectivity index (χ0n) is 62.7. The van der Waals surface area contributed by atoms with Gasteiger partial charge in [0.1, 0.15) is 66.7 Å².